The van der Waals surface area contributed by atoms with Gasteiger partial charge in [0.1, 0.15) is 22.6 Å². The first-order valence-electron chi connectivity index (χ1n) is 9.60. The second-order valence-corrected chi connectivity index (χ2v) is 7.57. The lowest BCUT2D eigenvalue weighted by Crippen LogP contribution is -2.52. The van der Waals surface area contributed by atoms with Crippen molar-refractivity contribution >= 4 is 22.8 Å². The van der Waals surface area contributed by atoms with Crippen molar-refractivity contribution in [1.82, 2.24) is 9.88 Å². The zero-order valence-corrected chi connectivity index (χ0v) is 16.0. The molecule has 5 rings (SSSR count). The molecule has 29 heavy (non-hydrogen) atoms. The van der Waals surface area contributed by atoms with Crippen LogP contribution in [0.1, 0.15) is 40.0 Å². The molecule has 1 spiro atoms. The van der Waals surface area contributed by atoms with Crippen molar-refractivity contribution < 1.29 is 23.5 Å². The fraction of sp³-hybridized carbons (Fsp3) is 0.318. The largest absolute Gasteiger partial charge is 0.497 e. The molecule has 2 aromatic carbocycles. The Bertz CT molecular complexity index is 1110. The smallest absolute Gasteiger partial charge is 0.253 e. The van der Waals surface area contributed by atoms with Crippen LogP contribution in [0, 0.1) is 0 Å². The minimum atomic E-state index is -0.566. The predicted octanol–water partition coefficient (Wildman–Crippen LogP) is 3.48. The Morgan fingerprint density at radius 3 is 2.79 bits per heavy atom. The lowest BCUT2D eigenvalue weighted by Gasteiger charge is -2.44. The molecule has 2 aliphatic rings. The number of ether oxygens (including phenoxy) is 2. The van der Waals surface area contributed by atoms with Gasteiger partial charge in [0.25, 0.3) is 5.91 Å². The van der Waals surface area contributed by atoms with Crippen LogP contribution >= 0.6 is 0 Å². The van der Waals surface area contributed by atoms with Crippen LogP contribution in [0.4, 0.5) is 0 Å². The quantitative estimate of drug-likeness (QED) is 0.664. The number of likely N-dealkylation sites (tertiary alicyclic amines) is 1. The van der Waals surface area contributed by atoms with Crippen LogP contribution in [0.5, 0.6) is 11.5 Å². The molecule has 0 bridgehead atoms. The number of oxazole rings is 1. The number of Topliss-reactive ketones (excluding diaryl/α,β-unsaturated/α-hetero) is 1. The fourth-order valence-electron chi connectivity index (χ4n) is 4.17. The van der Waals surface area contributed by atoms with Crippen LogP contribution in [-0.2, 0) is 0 Å². The third-order valence-electron chi connectivity index (χ3n) is 5.84. The van der Waals surface area contributed by atoms with Gasteiger partial charge in [-0.15, -0.1) is 0 Å². The first-order valence-corrected chi connectivity index (χ1v) is 9.60. The summed E-state index contributed by atoms with van der Waals surface area (Å²) in [6, 6.07) is 10.5. The topological polar surface area (TPSA) is 81.9 Å². The maximum absolute atomic E-state index is 12.9. The van der Waals surface area contributed by atoms with E-state index in [4.69, 9.17) is 13.9 Å². The number of carbonyl (C=O) groups excluding carboxylic acids is 2. The molecule has 7 nitrogen and oxygen atoms in total. The van der Waals surface area contributed by atoms with E-state index in [-0.39, 0.29) is 11.7 Å². The van der Waals surface area contributed by atoms with Crippen LogP contribution in [0.2, 0.25) is 0 Å². The Hall–Kier alpha value is -3.35. The second-order valence-electron chi connectivity index (χ2n) is 7.57. The van der Waals surface area contributed by atoms with Crippen LogP contribution in [0.25, 0.3) is 11.1 Å². The summed E-state index contributed by atoms with van der Waals surface area (Å²) in [5, 5.41) is 0. The first kappa shape index (κ1) is 17.7. The lowest BCUT2D eigenvalue weighted by atomic mass is 9.82. The molecular weight excluding hydrogens is 372 g/mol. The number of hydrogen-bond donors (Lipinski definition) is 0. The summed E-state index contributed by atoms with van der Waals surface area (Å²) in [5.74, 6) is 1.25. The summed E-state index contributed by atoms with van der Waals surface area (Å²) in [4.78, 5) is 31.5. The van der Waals surface area contributed by atoms with Gasteiger partial charge in [-0.2, -0.15) is 0 Å². The van der Waals surface area contributed by atoms with E-state index in [1.54, 1.807) is 48.4 Å². The number of ketones is 1. The third-order valence-corrected chi connectivity index (χ3v) is 5.84. The Morgan fingerprint density at radius 2 is 2.00 bits per heavy atom. The molecule has 1 amide bonds. The highest BCUT2D eigenvalue weighted by molar-refractivity contribution is 6.01. The van der Waals surface area contributed by atoms with Crippen LogP contribution in [0.15, 0.2) is 47.2 Å². The minimum absolute atomic E-state index is 0.0473. The molecule has 0 atom stereocenters. The van der Waals surface area contributed by atoms with Gasteiger partial charge in [-0.3, -0.25) is 9.59 Å². The maximum Gasteiger partial charge on any atom is 0.253 e. The van der Waals surface area contributed by atoms with E-state index in [1.807, 2.05) is 0 Å². The summed E-state index contributed by atoms with van der Waals surface area (Å²) in [7, 11) is 1.59. The van der Waals surface area contributed by atoms with Gasteiger partial charge in [0.15, 0.2) is 17.8 Å². The molecule has 1 aromatic heterocycles. The molecule has 3 aromatic rings. The molecule has 0 N–H and O–H groups in total. The molecular formula is C22H20N2O5. The molecule has 3 heterocycles. The molecule has 0 unspecified atom stereocenters. The lowest BCUT2D eigenvalue weighted by molar-refractivity contribution is -0.00580. The van der Waals surface area contributed by atoms with Crippen LogP contribution in [-0.4, -0.2) is 47.4 Å². The van der Waals surface area contributed by atoms with E-state index < -0.39 is 5.60 Å². The first-order chi connectivity index (χ1) is 14.1. The van der Waals surface area contributed by atoms with E-state index in [2.05, 4.69) is 4.98 Å². The summed E-state index contributed by atoms with van der Waals surface area (Å²) >= 11 is 0. The predicted molar refractivity (Wildman–Crippen MR) is 104 cm³/mol. The Labute approximate surface area is 167 Å². The van der Waals surface area contributed by atoms with Gasteiger partial charge in [0.2, 0.25) is 0 Å². The van der Waals surface area contributed by atoms with Crippen molar-refractivity contribution in [2.45, 2.75) is 24.9 Å². The monoisotopic (exact) mass is 392 g/mol. The molecule has 1 saturated heterocycles. The van der Waals surface area contributed by atoms with Crippen molar-refractivity contribution in [2.24, 2.45) is 0 Å². The van der Waals surface area contributed by atoms with E-state index in [0.29, 0.717) is 66.1 Å². The summed E-state index contributed by atoms with van der Waals surface area (Å²) < 4.78 is 16.8. The Balaban J connectivity index is 1.33. The highest BCUT2D eigenvalue weighted by atomic mass is 16.5. The maximum atomic E-state index is 12.9. The van der Waals surface area contributed by atoms with Gasteiger partial charge in [-0.1, -0.05) is 0 Å². The highest BCUT2D eigenvalue weighted by Gasteiger charge is 2.43. The minimum Gasteiger partial charge on any atom is -0.497 e. The number of hydrogen-bond acceptors (Lipinski definition) is 6. The number of nitrogens with zero attached hydrogens (tertiary/aromatic N) is 2. The van der Waals surface area contributed by atoms with Crippen molar-refractivity contribution in [3.05, 3.63) is 53.9 Å². The zero-order chi connectivity index (χ0) is 20.0. The molecule has 0 radical (unpaired) electrons. The third kappa shape index (κ3) is 3.03. The summed E-state index contributed by atoms with van der Waals surface area (Å²) in [6.45, 7) is 1.06. The second kappa shape index (κ2) is 6.62. The zero-order valence-electron chi connectivity index (χ0n) is 16.0. The van der Waals surface area contributed by atoms with Gasteiger partial charge < -0.3 is 18.8 Å². The van der Waals surface area contributed by atoms with Crippen molar-refractivity contribution in [2.75, 3.05) is 20.2 Å². The van der Waals surface area contributed by atoms with Gasteiger partial charge in [-0.25, -0.2) is 4.98 Å². The number of aromatic nitrogens is 1. The number of benzene rings is 2. The Morgan fingerprint density at radius 1 is 1.17 bits per heavy atom. The number of methoxy groups -OCH3 is 1. The van der Waals surface area contributed by atoms with Crippen molar-refractivity contribution in [1.29, 1.82) is 0 Å². The number of amides is 1. The average molecular weight is 392 g/mol. The SMILES string of the molecule is COc1ccc2c(c1)OC1(CCN(C(=O)c3ccc4ocnc4c3)CC1)CC2=O. The highest BCUT2D eigenvalue weighted by Crippen LogP contribution is 2.41. The number of piperidine rings is 1. The van der Waals surface area contributed by atoms with E-state index in [1.165, 1.54) is 6.39 Å². The van der Waals surface area contributed by atoms with Gasteiger partial charge in [-0.05, 0) is 30.3 Å². The number of rotatable bonds is 2. The van der Waals surface area contributed by atoms with Crippen molar-refractivity contribution in [3.8, 4) is 11.5 Å². The molecule has 0 aliphatic carbocycles. The fourth-order valence-corrected chi connectivity index (χ4v) is 4.17. The molecule has 7 heteroatoms. The summed E-state index contributed by atoms with van der Waals surface area (Å²) in [6.07, 6.45) is 2.91. The number of carbonyl (C=O) groups is 2. The van der Waals surface area contributed by atoms with Crippen molar-refractivity contribution in [3.63, 3.8) is 0 Å². The van der Waals surface area contributed by atoms with E-state index in [0.717, 1.165) is 0 Å². The molecule has 2 aliphatic heterocycles. The standard InChI is InChI=1S/C22H20N2O5/c1-27-15-3-4-16-18(25)12-22(29-20(16)11-15)6-8-24(9-7-22)21(26)14-2-5-19-17(10-14)23-13-28-19/h2-5,10-11,13H,6-9,12H2,1H3. The van der Waals surface area contributed by atoms with E-state index >= 15 is 0 Å². The molecule has 1 fully saturated rings. The van der Waals surface area contributed by atoms with Gasteiger partial charge in [0, 0.05) is 37.6 Å². The van der Waals surface area contributed by atoms with Gasteiger partial charge >= 0.3 is 0 Å². The van der Waals surface area contributed by atoms with Gasteiger partial charge in [0.05, 0.1) is 19.1 Å². The van der Waals surface area contributed by atoms with Crippen LogP contribution in [0.3, 0.4) is 0 Å². The molecule has 148 valence electrons. The normalized spacial score (nSPS) is 17.8. The average Bonchev–Trinajstić information content (AvgIpc) is 3.21. The Kier molecular flexibility index (Phi) is 4.04. The number of fused-ring (bicyclic) bond motifs is 2. The summed E-state index contributed by atoms with van der Waals surface area (Å²) in [5.41, 5.74) is 1.93. The molecule has 0 saturated carbocycles. The van der Waals surface area contributed by atoms with E-state index in [9.17, 15) is 9.59 Å². The van der Waals surface area contributed by atoms with Crippen LogP contribution < -0.4 is 9.47 Å².